The largest absolute Gasteiger partial charge is 0.352 e. The highest BCUT2D eigenvalue weighted by molar-refractivity contribution is 6.03. The first-order chi connectivity index (χ1) is 12.0. The number of carbonyl (C=O) groups is 1. The quantitative estimate of drug-likeness (QED) is 0.718. The van der Waals surface area contributed by atoms with Crippen molar-refractivity contribution in [1.29, 1.82) is 0 Å². The van der Waals surface area contributed by atoms with Gasteiger partial charge in [0.2, 0.25) is 0 Å². The average molecular weight is 335 g/mol. The number of amides is 1. The lowest BCUT2D eigenvalue weighted by Crippen LogP contribution is -2.13. The first-order valence-electron chi connectivity index (χ1n) is 7.88. The van der Waals surface area contributed by atoms with E-state index >= 15 is 0 Å². The van der Waals surface area contributed by atoms with Gasteiger partial charge in [-0.25, -0.2) is 9.37 Å². The SMILES string of the molecule is Cc1cc(C)cc(NC(=O)c2ccc(Nc3ccccc3F)cn2)c1. The van der Waals surface area contributed by atoms with Crippen molar-refractivity contribution in [2.75, 3.05) is 10.6 Å². The van der Waals surface area contributed by atoms with Gasteiger partial charge in [-0.2, -0.15) is 0 Å². The topological polar surface area (TPSA) is 54.0 Å². The number of halogens is 1. The predicted octanol–water partition coefficient (Wildman–Crippen LogP) is 4.83. The van der Waals surface area contributed by atoms with E-state index in [-0.39, 0.29) is 11.7 Å². The molecule has 1 amide bonds. The molecule has 0 aliphatic heterocycles. The number of benzene rings is 2. The molecule has 0 bridgehead atoms. The van der Waals surface area contributed by atoms with Gasteiger partial charge < -0.3 is 10.6 Å². The molecule has 0 spiro atoms. The normalized spacial score (nSPS) is 10.4. The van der Waals surface area contributed by atoms with E-state index in [4.69, 9.17) is 0 Å². The average Bonchev–Trinajstić information content (AvgIpc) is 2.56. The standard InChI is InChI=1S/C20H18FN3O/c1-13-9-14(2)11-16(10-13)24-20(25)19-8-7-15(12-22-19)23-18-6-4-3-5-17(18)21/h3-12,23H,1-2H3,(H,24,25). The maximum absolute atomic E-state index is 13.6. The van der Waals surface area contributed by atoms with E-state index < -0.39 is 0 Å². The van der Waals surface area contributed by atoms with E-state index in [1.54, 1.807) is 30.3 Å². The molecule has 0 saturated carbocycles. The Morgan fingerprint density at radius 1 is 0.960 bits per heavy atom. The number of aryl methyl sites for hydroxylation is 2. The van der Waals surface area contributed by atoms with E-state index in [1.165, 1.54) is 12.3 Å². The summed E-state index contributed by atoms with van der Waals surface area (Å²) in [5.74, 6) is -0.637. The van der Waals surface area contributed by atoms with Crippen molar-refractivity contribution >= 4 is 23.0 Å². The van der Waals surface area contributed by atoms with Gasteiger partial charge in [0.1, 0.15) is 11.5 Å². The second-order valence-electron chi connectivity index (χ2n) is 5.87. The van der Waals surface area contributed by atoms with E-state index in [1.807, 2.05) is 32.0 Å². The molecule has 0 atom stereocenters. The summed E-state index contributed by atoms with van der Waals surface area (Å²) in [6.45, 7) is 3.95. The molecule has 2 N–H and O–H groups in total. The Balaban J connectivity index is 1.71. The van der Waals surface area contributed by atoms with Crippen LogP contribution in [-0.4, -0.2) is 10.9 Å². The Morgan fingerprint density at radius 3 is 2.32 bits per heavy atom. The highest BCUT2D eigenvalue weighted by Crippen LogP contribution is 2.19. The summed E-state index contributed by atoms with van der Waals surface area (Å²) in [4.78, 5) is 16.5. The van der Waals surface area contributed by atoms with E-state index in [0.717, 1.165) is 16.8 Å². The van der Waals surface area contributed by atoms with Crippen LogP contribution in [0.25, 0.3) is 0 Å². The van der Waals surface area contributed by atoms with Crippen LogP contribution >= 0.6 is 0 Å². The number of pyridine rings is 1. The van der Waals surface area contributed by atoms with Crippen molar-refractivity contribution in [3.05, 3.63) is 83.4 Å². The van der Waals surface area contributed by atoms with Crippen molar-refractivity contribution in [3.8, 4) is 0 Å². The van der Waals surface area contributed by atoms with Crippen LogP contribution in [-0.2, 0) is 0 Å². The molecule has 2 aromatic carbocycles. The molecule has 0 unspecified atom stereocenters. The zero-order valence-corrected chi connectivity index (χ0v) is 14.0. The molecule has 3 aromatic rings. The van der Waals surface area contributed by atoms with Crippen LogP contribution in [0.3, 0.4) is 0 Å². The maximum atomic E-state index is 13.6. The smallest absolute Gasteiger partial charge is 0.274 e. The number of hydrogen-bond acceptors (Lipinski definition) is 3. The fourth-order valence-corrected chi connectivity index (χ4v) is 2.56. The van der Waals surface area contributed by atoms with E-state index in [9.17, 15) is 9.18 Å². The number of nitrogens with one attached hydrogen (secondary N) is 2. The summed E-state index contributed by atoms with van der Waals surface area (Å²) >= 11 is 0. The van der Waals surface area contributed by atoms with Crippen molar-refractivity contribution in [2.45, 2.75) is 13.8 Å². The van der Waals surface area contributed by atoms with Crippen LogP contribution in [0.2, 0.25) is 0 Å². The fraction of sp³-hybridized carbons (Fsp3) is 0.100. The minimum Gasteiger partial charge on any atom is -0.352 e. The molecule has 0 saturated heterocycles. The van der Waals surface area contributed by atoms with Gasteiger partial charge in [-0.3, -0.25) is 4.79 Å². The van der Waals surface area contributed by atoms with Gasteiger partial charge in [0.05, 0.1) is 17.6 Å². The second kappa shape index (κ2) is 7.13. The first kappa shape index (κ1) is 16.6. The molecular formula is C20H18FN3O. The summed E-state index contributed by atoms with van der Waals surface area (Å²) in [6, 6.07) is 15.5. The van der Waals surface area contributed by atoms with Gasteiger partial charge in [-0.05, 0) is 61.4 Å². The van der Waals surface area contributed by atoms with Crippen molar-refractivity contribution in [3.63, 3.8) is 0 Å². The Kier molecular flexibility index (Phi) is 4.75. The third-order valence-electron chi connectivity index (χ3n) is 3.63. The number of carbonyl (C=O) groups excluding carboxylic acids is 1. The van der Waals surface area contributed by atoms with Gasteiger partial charge in [0, 0.05) is 5.69 Å². The molecule has 0 radical (unpaired) electrons. The van der Waals surface area contributed by atoms with Crippen LogP contribution in [0.15, 0.2) is 60.8 Å². The molecule has 5 heteroatoms. The monoisotopic (exact) mass is 335 g/mol. The van der Waals surface area contributed by atoms with Gasteiger partial charge in [-0.1, -0.05) is 18.2 Å². The summed E-state index contributed by atoms with van der Waals surface area (Å²) < 4.78 is 13.6. The minimum atomic E-state index is -0.348. The molecule has 25 heavy (non-hydrogen) atoms. The molecule has 0 aliphatic carbocycles. The molecule has 0 fully saturated rings. The zero-order chi connectivity index (χ0) is 17.8. The number of para-hydroxylation sites is 1. The molecule has 4 nitrogen and oxygen atoms in total. The van der Waals surface area contributed by atoms with E-state index in [0.29, 0.717) is 17.1 Å². The van der Waals surface area contributed by atoms with Crippen molar-refractivity contribution in [1.82, 2.24) is 4.98 Å². The van der Waals surface area contributed by atoms with Gasteiger partial charge in [-0.15, -0.1) is 0 Å². The number of hydrogen-bond donors (Lipinski definition) is 2. The van der Waals surface area contributed by atoms with Crippen LogP contribution in [0.5, 0.6) is 0 Å². The lowest BCUT2D eigenvalue weighted by atomic mass is 10.1. The molecule has 1 heterocycles. The second-order valence-corrected chi connectivity index (χ2v) is 5.87. The third-order valence-corrected chi connectivity index (χ3v) is 3.63. The van der Waals surface area contributed by atoms with Crippen LogP contribution in [0.1, 0.15) is 21.6 Å². The maximum Gasteiger partial charge on any atom is 0.274 e. The lowest BCUT2D eigenvalue weighted by Gasteiger charge is -2.09. The molecule has 3 rings (SSSR count). The van der Waals surface area contributed by atoms with Crippen molar-refractivity contribution in [2.24, 2.45) is 0 Å². The highest BCUT2D eigenvalue weighted by Gasteiger charge is 2.09. The Labute approximate surface area is 145 Å². The van der Waals surface area contributed by atoms with Crippen molar-refractivity contribution < 1.29 is 9.18 Å². The van der Waals surface area contributed by atoms with Crippen LogP contribution in [0.4, 0.5) is 21.5 Å². The molecule has 1 aromatic heterocycles. The summed E-state index contributed by atoms with van der Waals surface area (Å²) in [6.07, 6.45) is 1.50. The lowest BCUT2D eigenvalue weighted by molar-refractivity contribution is 0.102. The number of aromatic nitrogens is 1. The summed E-state index contributed by atoms with van der Waals surface area (Å²) in [5.41, 5.74) is 4.14. The third kappa shape index (κ3) is 4.20. The number of anilines is 3. The molecular weight excluding hydrogens is 317 g/mol. The zero-order valence-electron chi connectivity index (χ0n) is 14.0. The highest BCUT2D eigenvalue weighted by atomic mass is 19.1. The Morgan fingerprint density at radius 2 is 1.68 bits per heavy atom. The fourth-order valence-electron chi connectivity index (χ4n) is 2.56. The van der Waals surface area contributed by atoms with Gasteiger partial charge in [0.15, 0.2) is 0 Å². The summed E-state index contributed by atoms with van der Waals surface area (Å²) in [5, 5.41) is 5.77. The minimum absolute atomic E-state index is 0.289. The predicted molar refractivity (Wildman–Crippen MR) is 97.8 cm³/mol. The van der Waals surface area contributed by atoms with Crippen LogP contribution in [0, 0.1) is 19.7 Å². The Hall–Kier alpha value is -3.21. The first-order valence-corrected chi connectivity index (χ1v) is 7.88. The summed E-state index contributed by atoms with van der Waals surface area (Å²) in [7, 11) is 0. The molecule has 126 valence electrons. The number of rotatable bonds is 4. The van der Waals surface area contributed by atoms with Gasteiger partial charge in [0.25, 0.3) is 5.91 Å². The van der Waals surface area contributed by atoms with Crippen LogP contribution < -0.4 is 10.6 Å². The molecule has 0 aliphatic rings. The van der Waals surface area contributed by atoms with Gasteiger partial charge >= 0.3 is 0 Å². The Bertz CT molecular complexity index is 887. The van der Waals surface area contributed by atoms with E-state index in [2.05, 4.69) is 15.6 Å². The number of nitrogens with zero attached hydrogens (tertiary/aromatic N) is 1.